The summed E-state index contributed by atoms with van der Waals surface area (Å²) in [5.74, 6) is 0.566. The van der Waals surface area contributed by atoms with Gasteiger partial charge < -0.3 is 5.32 Å². The summed E-state index contributed by atoms with van der Waals surface area (Å²) >= 11 is 0. The summed E-state index contributed by atoms with van der Waals surface area (Å²) in [4.78, 5) is 0. The Morgan fingerprint density at radius 2 is 2.20 bits per heavy atom. The summed E-state index contributed by atoms with van der Waals surface area (Å²) in [7, 11) is 0. The number of piperidine rings is 1. The highest BCUT2D eigenvalue weighted by Gasteiger charge is 2.15. The minimum atomic E-state index is -2.41. The lowest BCUT2D eigenvalue weighted by molar-refractivity contribution is 0.151. The minimum absolute atomic E-state index is 0.0175. The molecule has 0 radical (unpaired) electrons. The lowest BCUT2D eigenvalue weighted by Gasteiger charge is -2.22. The van der Waals surface area contributed by atoms with E-state index < -0.39 is 6.43 Å². The molecule has 3 nitrogen and oxygen atoms in total. The summed E-state index contributed by atoms with van der Waals surface area (Å²) < 4.78 is 26.2. The summed E-state index contributed by atoms with van der Waals surface area (Å²) in [6.45, 7) is 2.80. The molecule has 15 heavy (non-hydrogen) atoms. The maximum absolute atomic E-state index is 12.3. The zero-order valence-electron chi connectivity index (χ0n) is 8.50. The van der Waals surface area contributed by atoms with Crippen molar-refractivity contribution in [1.82, 2.24) is 15.1 Å². The van der Waals surface area contributed by atoms with E-state index in [0.717, 1.165) is 32.5 Å². The van der Waals surface area contributed by atoms with Crippen LogP contribution in [0.15, 0.2) is 12.4 Å². The average Bonchev–Trinajstić information content (AvgIpc) is 2.68. The molecule has 1 aliphatic rings. The van der Waals surface area contributed by atoms with Crippen LogP contribution in [0.1, 0.15) is 24.8 Å². The van der Waals surface area contributed by atoms with Crippen LogP contribution in [0, 0.1) is 5.92 Å². The van der Waals surface area contributed by atoms with E-state index in [9.17, 15) is 8.78 Å². The van der Waals surface area contributed by atoms with Crippen molar-refractivity contribution >= 4 is 0 Å². The molecule has 84 valence electrons. The highest BCUT2D eigenvalue weighted by molar-refractivity contribution is 5.05. The molecule has 0 saturated carbocycles. The smallest absolute Gasteiger partial charge is 0.266 e. The Morgan fingerprint density at radius 3 is 2.80 bits per heavy atom. The Kier molecular flexibility index (Phi) is 3.30. The van der Waals surface area contributed by atoms with Gasteiger partial charge in [-0.25, -0.2) is 8.78 Å². The van der Waals surface area contributed by atoms with Crippen molar-refractivity contribution in [3.63, 3.8) is 0 Å². The van der Waals surface area contributed by atoms with Gasteiger partial charge in [-0.1, -0.05) is 0 Å². The van der Waals surface area contributed by atoms with E-state index in [0.29, 0.717) is 5.92 Å². The summed E-state index contributed by atoms with van der Waals surface area (Å²) in [6.07, 6.45) is 2.50. The van der Waals surface area contributed by atoms with Gasteiger partial charge in [-0.15, -0.1) is 0 Å². The first-order valence-corrected chi connectivity index (χ1v) is 5.27. The van der Waals surface area contributed by atoms with Crippen molar-refractivity contribution in [2.75, 3.05) is 13.1 Å². The van der Waals surface area contributed by atoms with E-state index in [1.807, 2.05) is 0 Å². The summed E-state index contributed by atoms with van der Waals surface area (Å²) in [5.41, 5.74) is 0.0175. The maximum Gasteiger partial charge on any atom is 0.266 e. The molecule has 1 aromatic rings. The zero-order chi connectivity index (χ0) is 10.7. The third-order valence-electron chi connectivity index (χ3n) is 2.81. The third kappa shape index (κ3) is 2.75. The van der Waals surface area contributed by atoms with Crippen LogP contribution >= 0.6 is 0 Å². The van der Waals surface area contributed by atoms with Gasteiger partial charge in [0.2, 0.25) is 0 Å². The normalized spacial score (nSPS) is 18.6. The number of alkyl halides is 2. The lowest BCUT2D eigenvalue weighted by atomic mass is 9.98. The topological polar surface area (TPSA) is 29.9 Å². The summed E-state index contributed by atoms with van der Waals surface area (Å²) in [5, 5.41) is 7.22. The average molecular weight is 215 g/mol. The fraction of sp³-hybridized carbons (Fsp3) is 0.700. The predicted molar refractivity (Wildman–Crippen MR) is 52.8 cm³/mol. The Bertz CT molecular complexity index is 305. The van der Waals surface area contributed by atoms with Crippen LogP contribution in [-0.4, -0.2) is 22.9 Å². The Labute approximate surface area is 87.5 Å². The molecule has 0 unspecified atom stereocenters. The van der Waals surface area contributed by atoms with E-state index in [2.05, 4.69) is 10.4 Å². The third-order valence-corrected chi connectivity index (χ3v) is 2.81. The molecule has 5 heteroatoms. The molecule has 0 bridgehead atoms. The van der Waals surface area contributed by atoms with Crippen LogP contribution < -0.4 is 5.32 Å². The molecule has 0 spiro atoms. The number of nitrogens with one attached hydrogen (secondary N) is 1. The number of aromatic nitrogens is 2. The Morgan fingerprint density at radius 1 is 1.47 bits per heavy atom. The highest BCUT2D eigenvalue weighted by atomic mass is 19.3. The Hall–Kier alpha value is -0.970. The molecule has 0 aromatic carbocycles. The molecule has 1 fully saturated rings. The van der Waals surface area contributed by atoms with Gasteiger partial charge in [-0.2, -0.15) is 5.10 Å². The highest BCUT2D eigenvalue weighted by Crippen LogP contribution is 2.19. The van der Waals surface area contributed by atoms with Crippen molar-refractivity contribution in [2.45, 2.75) is 25.8 Å². The van der Waals surface area contributed by atoms with Crippen molar-refractivity contribution in [2.24, 2.45) is 5.92 Å². The molecule has 0 amide bonds. The van der Waals surface area contributed by atoms with Crippen LogP contribution in [-0.2, 0) is 6.54 Å². The lowest BCUT2D eigenvalue weighted by Crippen LogP contribution is -2.29. The minimum Gasteiger partial charge on any atom is -0.317 e. The molecule has 1 aliphatic heterocycles. The van der Waals surface area contributed by atoms with Crippen molar-refractivity contribution < 1.29 is 8.78 Å². The zero-order valence-corrected chi connectivity index (χ0v) is 8.50. The van der Waals surface area contributed by atoms with Crippen LogP contribution in [0.5, 0.6) is 0 Å². The van der Waals surface area contributed by atoms with Crippen molar-refractivity contribution in [1.29, 1.82) is 0 Å². The number of halogens is 2. The SMILES string of the molecule is FC(F)c1cnn(CC2CCNCC2)c1. The van der Waals surface area contributed by atoms with Crippen molar-refractivity contribution in [3.8, 4) is 0 Å². The van der Waals surface area contributed by atoms with E-state index in [4.69, 9.17) is 0 Å². The van der Waals surface area contributed by atoms with E-state index in [1.54, 1.807) is 4.68 Å². The molecular weight excluding hydrogens is 200 g/mol. The number of hydrogen-bond donors (Lipinski definition) is 1. The standard InChI is InChI=1S/C10H15F2N3/c11-10(12)9-5-14-15(7-9)6-8-1-3-13-4-2-8/h5,7-8,10,13H,1-4,6H2. The second-order valence-electron chi connectivity index (χ2n) is 3.99. The predicted octanol–water partition coefficient (Wildman–Crippen LogP) is 1.82. The van der Waals surface area contributed by atoms with Gasteiger partial charge in [0.25, 0.3) is 6.43 Å². The monoisotopic (exact) mass is 215 g/mol. The summed E-state index contributed by atoms with van der Waals surface area (Å²) in [6, 6.07) is 0. The van der Waals surface area contributed by atoms with Gasteiger partial charge in [-0.05, 0) is 31.8 Å². The largest absolute Gasteiger partial charge is 0.317 e. The second-order valence-corrected chi connectivity index (χ2v) is 3.99. The Balaban J connectivity index is 1.91. The van der Waals surface area contributed by atoms with Gasteiger partial charge in [0, 0.05) is 12.7 Å². The molecule has 1 aromatic heterocycles. The van der Waals surface area contributed by atoms with E-state index in [1.165, 1.54) is 12.4 Å². The first-order chi connectivity index (χ1) is 7.25. The van der Waals surface area contributed by atoms with Crippen LogP contribution in [0.25, 0.3) is 0 Å². The van der Waals surface area contributed by atoms with E-state index in [-0.39, 0.29) is 5.56 Å². The van der Waals surface area contributed by atoms with Gasteiger partial charge in [0.15, 0.2) is 0 Å². The van der Waals surface area contributed by atoms with E-state index >= 15 is 0 Å². The molecule has 2 rings (SSSR count). The van der Waals surface area contributed by atoms with Gasteiger partial charge in [0.05, 0.1) is 11.8 Å². The number of hydrogen-bond acceptors (Lipinski definition) is 2. The fourth-order valence-electron chi connectivity index (χ4n) is 1.92. The van der Waals surface area contributed by atoms with Gasteiger partial charge in [0.1, 0.15) is 0 Å². The molecule has 1 saturated heterocycles. The molecule has 2 heterocycles. The number of nitrogens with zero attached hydrogens (tertiary/aromatic N) is 2. The van der Waals surface area contributed by atoms with Crippen LogP contribution in [0.4, 0.5) is 8.78 Å². The van der Waals surface area contributed by atoms with Gasteiger partial charge in [-0.3, -0.25) is 4.68 Å². The first-order valence-electron chi connectivity index (χ1n) is 5.27. The maximum atomic E-state index is 12.3. The number of rotatable bonds is 3. The quantitative estimate of drug-likeness (QED) is 0.833. The molecular formula is C10H15F2N3. The molecule has 0 atom stereocenters. The fourth-order valence-corrected chi connectivity index (χ4v) is 1.92. The van der Waals surface area contributed by atoms with Crippen molar-refractivity contribution in [3.05, 3.63) is 18.0 Å². The second kappa shape index (κ2) is 4.70. The first kappa shape index (κ1) is 10.5. The van der Waals surface area contributed by atoms with Crippen LogP contribution in [0.3, 0.4) is 0 Å². The molecule has 0 aliphatic carbocycles. The molecule has 1 N–H and O–H groups in total. The van der Waals surface area contributed by atoms with Gasteiger partial charge >= 0.3 is 0 Å². The van der Waals surface area contributed by atoms with Crippen LogP contribution in [0.2, 0.25) is 0 Å².